The third kappa shape index (κ3) is 2.70. The quantitative estimate of drug-likeness (QED) is 0.905. The number of thiophene rings is 2. The van der Waals surface area contributed by atoms with Gasteiger partial charge in [-0.05, 0) is 84.1 Å². The van der Waals surface area contributed by atoms with Crippen molar-refractivity contribution in [1.82, 2.24) is 4.90 Å². The molecule has 2 nitrogen and oxygen atoms in total. The first-order valence-corrected chi connectivity index (χ1v) is 9.10. The van der Waals surface area contributed by atoms with Crippen LogP contribution in [0.1, 0.15) is 37.3 Å². The van der Waals surface area contributed by atoms with E-state index in [2.05, 4.69) is 34.7 Å². The van der Waals surface area contributed by atoms with E-state index in [0.29, 0.717) is 6.04 Å². The molecule has 20 heavy (non-hydrogen) atoms. The second-order valence-corrected chi connectivity index (χ2v) is 7.24. The normalized spacial score (nSPS) is 18.5. The fourth-order valence-electron chi connectivity index (χ4n) is 3.14. The predicted molar refractivity (Wildman–Crippen MR) is 86.5 cm³/mol. The van der Waals surface area contributed by atoms with Crippen molar-refractivity contribution < 1.29 is 5.11 Å². The van der Waals surface area contributed by atoms with Crippen LogP contribution in [-0.2, 0) is 5.60 Å². The highest BCUT2D eigenvalue weighted by atomic mass is 32.1. The highest BCUT2D eigenvalue weighted by Crippen LogP contribution is 2.37. The van der Waals surface area contributed by atoms with Gasteiger partial charge in [0.2, 0.25) is 0 Å². The van der Waals surface area contributed by atoms with Crippen LogP contribution < -0.4 is 0 Å². The minimum atomic E-state index is -0.845. The van der Waals surface area contributed by atoms with Crippen LogP contribution in [0.4, 0.5) is 0 Å². The molecule has 1 fully saturated rings. The Balaban J connectivity index is 1.86. The van der Waals surface area contributed by atoms with E-state index >= 15 is 0 Å². The van der Waals surface area contributed by atoms with Gasteiger partial charge in [-0.1, -0.05) is 0 Å². The van der Waals surface area contributed by atoms with Gasteiger partial charge in [0.1, 0.15) is 5.60 Å². The smallest absolute Gasteiger partial charge is 0.118 e. The highest BCUT2D eigenvalue weighted by Gasteiger charge is 2.36. The molecule has 1 atom stereocenters. The molecule has 0 spiro atoms. The lowest BCUT2D eigenvalue weighted by atomic mass is 9.84. The van der Waals surface area contributed by atoms with Gasteiger partial charge in [-0.3, -0.25) is 0 Å². The first-order chi connectivity index (χ1) is 9.70. The number of likely N-dealkylation sites (tertiary alicyclic amines) is 1. The Morgan fingerprint density at radius 3 is 2.15 bits per heavy atom. The van der Waals surface area contributed by atoms with E-state index in [0.717, 1.165) is 17.5 Å². The Kier molecular flexibility index (Phi) is 4.26. The number of hydrogen-bond acceptors (Lipinski definition) is 4. The molecule has 1 aliphatic heterocycles. The van der Waals surface area contributed by atoms with E-state index in [-0.39, 0.29) is 0 Å². The van der Waals surface area contributed by atoms with Gasteiger partial charge in [-0.2, -0.15) is 22.7 Å². The molecule has 0 aliphatic carbocycles. The summed E-state index contributed by atoms with van der Waals surface area (Å²) in [6.07, 6.45) is 3.35. The SMILES string of the molecule is CC(CC(O)(c1ccsc1)c1ccsc1)N1CCCC1. The lowest BCUT2D eigenvalue weighted by molar-refractivity contribution is 0.0425. The molecule has 0 saturated carbocycles. The van der Waals surface area contributed by atoms with Crippen LogP contribution in [0.15, 0.2) is 33.7 Å². The lowest BCUT2D eigenvalue weighted by Gasteiger charge is -2.34. The Labute approximate surface area is 128 Å². The number of aliphatic hydroxyl groups is 1. The van der Waals surface area contributed by atoms with Crippen molar-refractivity contribution >= 4 is 22.7 Å². The Morgan fingerprint density at radius 2 is 1.70 bits per heavy atom. The Morgan fingerprint density at radius 1 is 1.15 bits per heavy atom. The van der Waals surface area contributed by atoms with Gasteiger partial charge < -0.3 is 10.0 Å². The van der Waals surface area contributed by atoms with Gasteiger partial charge in [0.05, 0.1) is 0 Å². The molecule has 108 valence electrons. The van der Waals surface area contributed by atoms with Crippen LogP contribution in [0.2, 0.25) is 0 Å². The zero-order valence-corrected chi connectivity index (χ0v) is 13.4. The number of rotatable bonds is 5. The molecule has 1 unspecified atom stereocenters. The third-order valence-corrected chi connectivity index (χ3v) is 5.72. The molecule has 0 aromatic carbocycles. The lowest BCUT2D eigenvalue weighted by Crippen LogP contribution is -2.38. The van der Waals surface area contributed by atoms with Crippen LogP contribution in [0.25, 0.3) is 0 Å². The summed E-state index contributed by atoms with van der Waals surface area (Å²) in [5.74, 6) is 0. The van der Waals surface area contributed by atoms with Crippen molar-refractivity contribution in [3.63, 3.8) is 0 Å². The summed E-state index contributed by atoms with van der Waals surface area (Å²) in [4.78, 5) is 2.50. The van der Waals surface area contributed by atoms with Crippen LogP contribution in [-0.4, -0.2) is 29.1 Å². The molecular weight excluding hydrogens is 286 g/mol. The second-order valence-electron chi connectivity index (χ2n) is 5.68. The van der Waals surface area contributed by atoms with Crippen molar-refractivity contribution in [3.8, 4) is 0 Å². The van der Waals surface area contributed by atoms with E-state index in [1.54, 1.807) is 22.7 Å². The standard InChI is InChI=1S/C16H21NOS2/c1-13(17-6-2-3-7-17)10-16(18,14-4-8-19-11-14)15-5-9-20-12-15/h4-5,8-9,11-13,18H,2-3,6-7,10H2,1H3. The summed E-state index contributed by atoms with van der Waals surface area (Å²) >= 11 is 3.31. The monoisotopic (exact) mass is 307 g/mol. The first-order valence-electron chi connectivity index (χ1n) is 7.22. The van der Waals surface area contributed by atoms with Gasteiger partial charge in [0, 0.05) is 6.04 Å². The zero-order valence-electron chi connectivity index (χ0n) is 11.8. The largest absolute Gasteiger partial charge is 0.380 e. The molecule has 1 N–H and O–H groups in total. The molecule has 3 rings (SSSR count). The van der Waals surface area contributed by atoms with Crippen LogP contribution in [0.5, 0.6) is 0 Å². The van der Waals surface area contributed by atoms with Gasteiger partial charge >= 0.3 is 0 Å². The minimum Gasteiger partial charge on any atom is -0.380 e. The van der Waals surface area contributed by atoms with Crippen molar-refractivity contribution in [3.05, 3.63) is 44.8 Å². The van der Waals surface area contributed by atoms with E-state index in [1.807, 2.05) is 10.8 Å². The molecule has 0 amide bonds. The van der Waals surface area contributed by atoms with Crippen molar-refractivity contribution in [2.24, 2.45) is 0 Å². The van der Waals surface area contributed by atoms with E-state index in [9.17, 15) is 5.11 Å². The van der Waals surface area contributed by atoms with E-state index in [4.69, 9.17) is 0 Å². The van der Waals surface area contributed by atoms with Crippen LogP contribution >= 0.6 is 22.7 Å². The van der Waals surface area contributed by atoms with Crippen LogP contribution in [0, 0.1) is 0 Å². The van der Waals surface area contributed by atoms with Gasteiger partial charge in [0.25, 0.3) is 0 Å². The summed E-state index contributed by atoms with van der Waals surface area (Å²) in [6.45, 7) is 4.59. The first kappa shape index (κ1) is 14.3. The molecule has 1 saturated heterocycles. The number of nitrogens with zero attached hydrogens (tertiary/aromatic N) is 1. The summed E-state index contributed by atoms with van der Waals surface area (Å²) in [7, 11) is 0. The summed E-state index contributed by atoms with van der Waals surface area (Å²) in [5, 5.41) is 19.6. The summed E-state index contributed by atoms with van der Waals surface area (Å²) in [5.41, 5.74) is 1.22. The highest BCUT2D eigenvalue weighted by molar-refractivity contribution is 7.08. The van der Waals surface area contributed by atoms with E-state index < -0.39 is 5.60 Å². The summed E-state index contributed by atoms with van der Waals surface area (Å²) in [6, 6.07) is 4.51. The van der Waals surface area contributed by atoms with Gasteiger partial charge in [-0.15, -0.1) is 0 Å². The van der Waals surface area contributed by atoms with Gasteiger partial charge in [0.15, 0.2) is 0 Å². The van der Waals surface area contributed by atoms with Gasteiger partial charge in [-0.25, -0.2) is 0 Å². The zero-order chi connectivity index (χ0) is 14.0. The number of hydrogen-bond donors (Lipinski definition) is 1. The average Bonchev–Trinajstić information content (AvgIpc) is 3.19. The molecule has 4 heteroatoms. The average molecular weight is 307 g/mol. The second kappa shape index (κ2) is 5.98. The maximum Gasteiger partial charge on any atom is 0.118 e. The molecule has 1 aliphatic rings. The molecule has 3 heterocycles. The third-order valence-electron chi connectivity index (χ3n) is 4.35. The van der Waals surface area contributed by atoms with Crippen molar-refractivity contribution in [1.29, 1.82) is 0 Å². The molecule has 0 radical (unpaired) electrons. The maximum absolute atomic E-state index is 11.3. The summed E-state index contributed by atoms with van der Waals surface area (Å²) < 4.78 is 0. The Hall–Kier alpha value is -0.680. The van der Waals surface area contributed by atoms with Crippen molar-refractivity contribution in [2.45, 2.75) is 37.8 Å². The fourth-order valence-corrected chi connectivity index (χ4v) is 4.59. The predicted octanol–water partition coefficient (Wildman–Crippen LogP) is 3.92. The van der Waals surface area contributed by atoms with Crippen LogP contribution in [0.3, 0.4) is 0 Å². The Bertz CT molecular complexity index is 480. The topological polar surface area (TPSA) is 23.5 Å². The van der Waals surface area contributed by atoms with Crippen molar-refractivity contribution in [2.75, 3.05) is 13.1 Å². The molecule has 0 bridgehead atoms. The minimum absolute atomic E-state index is 0.405. The fraction of sp³-hybridized carbons (Fsp3) is 0.500. The maximum atomic E-state index is 11.3. The molecule has 2 aromatic heterocycles. The molecular formula is C16H21NOS2. The molecule has 2 aromatic rings. The van der Waals surface area contributed by atoms with E-state index in [1.165, 1.54) is 25.9 Å².